The van der Waals surface area contributed by atoms with Gasteiger partial charge in [-0.25, -0.2) is 9.67 Å². The zero-order valence-corrected chi connectivity index (χ0v) is 14.3. The lowest BCUT2D eigenvalue weighted by atomic mass is 10.2. The van der Waals surface area contributed by atoms with E-state index < -0.39 is 0 Å². The Labute approximate surface area is 137 Å². The summed E-state index contributed by atoms with van der Waals surface area (Å²) in [4.78, 5) is 4.19. The first kappa shape index (κ1) is 16.1. The Bertz CT molecular complexity index is 604. The van der Waals surface area contributed by atoms with Gasteiger partial charge in [0.05, 0.1) is 11.1 Å². The van der Waals surface area contributed by atoms with Crippen molar-refractivity contribution in [3.63, 3.8) is 0 Å². The Balaban J connectivity index is 2.22. The predicted molar refractivity (Wildman–Crippen MR) is 84.9 cm³/mol. The molecular formula is C14H17BrClN3O2. The third-order valence-electron chi connectivity index (χ3n) is 2.86. The van der Waals surface area contributed by atoms with E-state index in [1.807, 2.05) is 26.0 Å². The van der Waals surface area contributed by atoms with Crippen LogP contribution < -0.4 is 9.47 Å². The number of benzene rings is 1. The van der Waals surface area contributed by atoms with Gasteiger partial charge in [-0.15, -0.1) is 11.6 Å². The summed E-state index contributed by atoms with van der Waals surface area (Å²) in [5, 5.41) is 4.12. The van der Waals surface area contributed by atoms with Gasteiger partial charge >= 0.3 is 0 Å². The average molecular weight is 375 g/mol. The van der Waals surface area contributed by atoms with Crippen molar-refractivity contribution in [3.05, 3.63) is 34.3 Å². The molecule has 0 radical (unpaired) electrons. The Morgan fingerprint density at radius 2 is 2.10 bits per heavy atom. The Morgan fingerprint density at radius 3 is 2.76 bits per heavy atom. The van der Waals surface area contributed by atoms with E-state index in [-0.39, 0.29) is 0 Å². The summed E-state index contributed by atoms with van der Waals surface area (Å²) in [5.74, 6) is 2.51. The van der Waals surface area contributed by atoms with E-state index in [1.54, 1.807) is 4.68 Å². The van der Waals surface area contributed by atoms with Crippen LogP contribution in [0, 0.1) is 0 Å². The number of aromatic nitrogens is 3. The summed E-state index contributed by atoms with van der Waals surface area (Å²) < 4.78 is 14.1. The van der Waals surface area contributed by atoms with Crippen LogP contribution in [-0.2, 0) is 19.0 Å². The lowest BCUT2D eigenvalue weighted by Gasteiger charge is -2.14. The molecular weight excluding hydrogens is 358 g/mol. The van der Waals surface area contributed by atoms with Crippen LogP contribution >= 0.6 is 27.5 Å². The molecule has 0 atom stereocenters. The van der Waals surface area contributed by atoms with Crippen molar-refractivity contribution in [3.8, 4) is 11.5 Å². The molecule has 0 saturated carbocycles. The second-order valence-electron chi connectivity index (χ2n) is 4.25. The molecule has 0 aliphatic rings. The van der Waals surface area contributed by atoms with Crippen molar-refractivity contribution < 1.29 is 9.47 Å². The van der Waals surface area contributed by atoms with E-state index in [2.05, 4.69) is 26.0 Å². The average Bonchev–Trinajstić information content (AvgIpc) is 2.94. The number of ether oxygens (including phenoxy) is 2. The molecule has 0 bridgehead atoms. The molecule has 21 heavy (non-hydrogen) atoms. The first-order valence-electron chi connectivity index (χ1n) is 6.70. The standard InChI is InChI=1S/C14H17BrClN3O2/c1-3-19-13(17-9-18-19)8-21-14-11(15)5-10(7-16)6-12(14)20-4-2/h5-6,9H,3-4,7-8H2,1-2H3. The highest BCUT2D eigenvalue weighted by molar-refractivity contribution is 9.10. The topological polar surface area (TPSA) is 49.2 Å². The van der Waals surface area contributed by atoms with Gasteiger partial charge in [0.15, 0.2) is 17.3 Å². The number of rotatable bonds is 7. The molecule has 0 fully saturated rings. The van der Waals surface area contributed by atoms with Crippen molar-refractivity contribution in [2.24, 2.45) is 0 Å². The highest BCUT2D eigenvalue weighted by Crippen LogP contribution is 2.37. The van der Waals surface area contributed by atoms with Crippen LogP contribution in [0.15, 0.2) is 22.9 Å². The monoisotopic (exact) mass is 373 g/mol. The lowest BCUT2D eigenvalue weighted by Crippen LogP contribution is -2.08. The van der Waals surface area contributed by atoms with Gasteiger partial charge in [0, 0.05) is 12.4 Å². The summed E-state index contributed by atoms with van der Waals surface area (Å²) in [6.45, 7) is 5.57. The summed E-state index contributed by atoms with van der Waals surface area (Å²) in [7, 11) is 0. The zero-order chi connectivity index (χ0) is 15.2. The van der Waals surface area contributed by atoms with E-state index in [1.165, 1.54) is 6.33 Å². The fraction of sp³-hybridized carbons (Fsp3) is 0.429. The summed E-state index contributed by atoms with van der Waals surface area (Å²) >= 11 is 9.38. The van der Waals surface area contributed by atoms with Gasteiger partial charge in [-0.05, 0) is 47.5 Å². The molecule has 0 unspecified atom stereocenters. The first-order valence-corrected chi connectivity index (χ1v) is 8.03. The van der Waals surface area contributed by atoms with Gasteiger partial charge in [0.25, 0.3) is 0 Å². The normalized spacial score (nSPS) is 10.7. The molecule has 0 aliphatic carbocycles. The number of halogens is 2. The van der Waals surface area contributed by atoms with E-state index in [9.17, 15) is 0 Å². The molecule has 2 aromatic rings. The maximum Gasteiger partial charge on any atom is 0.176 e. The molecule has 2 rings (SSSR count). The minimum atomic E-state index is 0.326. The molecule has 5 nitrogen and oxygen atoms in total. The Kier molecular flexibility index (Phi) is 5.87. The second kappa shape index (κ2) is 7.66. The van der Waals surface area contributed by atoms with Crippen molar-refractivity contribution >= 4 is 27.5 Å². The van der Waals surface area contributed by atoms with Crippen molar-refractivity contribution in [2.75, 3.05) is 6.61 Å². The molecule has 0 amide bonds. The number of hydrogen-bond donors (Lipinski definition) is 0. The van der Waals surface area contributed by atoms with Crippen LogP contribution in [-0.4, -0.2) is 21.4 Å². The van der Waals surface area contributed by atoms with Crippen molar-refractivity contribution in [1.29, 1.82) is 0 Å². The predicted octanol–water partition coefficient (Wildman–Crippen LogP) is 3.78. The van der Waals surface area contributed by atoms with E-state index in [4.69, 9.17) is 21.1 Å². The molecule has 114 valence electrons. The molecule has 0 aliphatic heterocycles. The highest BCUT2D eigenvalue weighted by atomic mass is 79.9. The smallest absolute Gasteiger partial charge is 0.176 e. The molecule has 0 saturated heterocycles. The van der Waals surface area contributed by atoms with E-state index >= 15 is 0 Å². The SMILES string of the molecule is CCOc1cc(CCl)cc(Br)c1OCc1ncnn1CC. The van der Waals surface area contributed by atoms with E-state index in [0.29, 0.717) is 30.6 Å². The number of aryl methyl sites for hydroxylation is 1. The van der Waals surface area contributed by atoms with Crippen molar-refractivity contribution in [2.45, 2.75) is 32.9 Å². The van der Waals surface area contributed by atoms with E-state index in [0.717, 1.165) is 22.4 Å². The largest absolute Gasteiger partial charge is 0.490 e. The van der Waals surface area contributed by atoms with Gasteiger partial charge in [-0.2, -0.15) is 5.10 Å². The van der Waals surface area contributed by atoms with Crippen LogP contribution in [0.1, 0.15) is 25.2 Å². The molecule has 1 heterocycles. The molecule has 0 spiro atoms. The first-order chi connectivity index (χ1) is 10.2. The Morgan fingerprint density at radius 1 is 1.29 bits per heavy atom. The highest BCUT2D eigenvalue weighted by Gasteiger charge is 2.13. The molecule has 1 aromatic carbocycles. The number of hydrogen-bond acceptors (Lipinski definition) is 4. The third-order valence-corrected chi connectivity index (χ3v) is 3.76. The number of alkyl halides is 1. The quantitative estimate of drug-likeness (QED) is 0.692. The summed E-state index contributed by atoms with van der Waals surface area (Å²) in [5.41, 5.74) is 0.969. The fourth-order valence-corrected chi connectivity index (χ4v) is 2.66. The minimum absolute atomic E-state index is 0.326. The van der Waals surface area contributed by atoms with Crippen LogP contribution in [0.5, 0.6) is 11.5 Å². The minimum Gasteiger partial charge on any atom is -0.490 e. The van der Waals surface area contributed by atoms with Gasteiger partial charge < -0.3 is 9.47 Å². The van der Waals surface area contributed by atoms with Gasteiger partial charge in [0.2, 0.25) is 0 Å². The van der Waals surface area contributed by atoms with Gasteiger partial charge in [-0.3, -0.25) is 0 Å². The maximum absolute atomic E-state index is 5.88. The number of nitrogens with zero attached hydrogens (tertiary/aromatic N) is 3. The zero-order valence-electron chi connectivity index (χ0n) is 12.0. The summed E-state index contributed by atoms with van der Waals surface area (Å²) in [6, 6.07) is 3.82. The Hall–Kier alpha value is -1.27. The molecule has 7 heteroatoms. The van der Waals surface area contributed by atoms with Crippen LogP contribution in [0.3, 0.4) is 0 Å². The van der Waals surface area contributed by atoms with Gasteiger partial charge in [0.1, 0.15) is 12.9 Å². The third kappa shape index (κ3) is 3.89. The second-order valence-corrected chi connectivity index (χ2v) is 5.37. The maximum atomic E-state index is 5.88. The van der Waals surface area contributed by atoms with Gasteiger partial charge in [-0.1, -0.05) is 0 Å². The molecule has 0 N–H and O–H groups in total. The van der Waals surface area contributed by atoms with Crippen LogP contribution in [0.25, 0.3) is 0 Å². The van der Waals surface area contributed by atoms with Crippen molar-refractivity contribution in [1.82, 2.24) is 14.8 Å². The summed E-state index contributed by atoms with van der Waals surface area (Å²) in [6.07, 6.45) is 1.53. The van der Waals surface area contributed by atoms with Crippen LogP contribution in [0.2, 0.25) is 0 Å². The molecule has 1 aromatic heterocycles. The van der Waals surface area contributed by atoms with Crippen LogP contribution in [0.4, 0.5) is 0 Å². The fourth-order valence-electron chi connectivity index (χ4n) is 1.90. The lowest BCUT2D eigenvalue weighted by molar-refractivity contribution is 0.256.